The van der Waals surface area contributed by atoms with E-state index in [1.807, 2.05) is 6.92 Å². The number of hydrogen-bond donors (Lipinski definition) is 2. The van der Waals surface area contributed by atoms with Crippen molar-refractivity contribution in [2.45, 2.75) is 19.4 Å². The molecule has 1 fully saturated rings. The maximum absolute atomic E-state index is 11.8. The van der Waals surface area contributed by atoms with E-state index in [1.165, 1.54) is 0 Å². The molecule has 0 radical (unpaired) electrons. The zero-order valence-electron chi connectivity index (χ0n) is 9.44. The maximum Gasteiger partial charge on any atom is 0.245 e. The second-order valence-corrected chi connectivity index (χ2v) is 3.99. The van der Waals surface area contributed by atoms with Crippen LogP contribution >= 0.6 is 12.6 Å². The summed E-state index contributed by atoms with van der Waals surface area (Å²) in [6, 6.07) is -0.485. The van der Waals surface area contributed by atoms with E-state index in [9.17, 15) is 9.59 Å². The highest BCUT2D eigenvalue weighted by molar-refractivity contribution is 7.80. The van der Waals surface area contributed by atoms with Gasteiger partial charge in [-0.05, 0) is 12.7 Å². The van der Waals surface area contributed by atoms with Crippen molar-refractivity contribution in [1.29, 1.82) is 0 Å². The molecule has 0 saturated carbocycles. The van der Waals surface area contributed by atoms with Crippen molar-refractivity contribution >= 4 is 24.4 Å². The first kappa shape index (κ1) is 13.3. The highest BCUT2D eigenvalue weighted by Crippen LogP contribution is 2.09. The second kappa shape index (κ2) is 6.75. The lowest BCUT2D eigenvalue weighted by atomic mass is 10.2. The Kier molecular flexibility index (Phi) is 5.62. The Balaban J connectivity index is 2.63. The van der Waals surface area contributed by atoms with Gasteiger partial charge in [0.1, 0.15) is 6.04 Å². The fourth-order valence-electron chi connectivity index (χ4n) is 1.65. The van der Waals surface area contributed by atoms with E-state index >= 15 is 0 Å². The molecule has 1 aliphatic heterocycles. The predicted octanol–water partition coefficient (Wildman–Crippen LogP) is -0.330. The number of rotatable bonds is 4. The van der Waals surface area contributed by atoms with Crippen LogP contribution in [0.1, 0.15) is 13.3 Å². The van der Waals surface area contributed by atoms with Gasteiger partial charge >= 0.3 is 0 Å². The van der Waals surface area contributed by atoms with Crippen molar-refractivity contribution < 1.29 is 14.3 Å². The molecular weight excluding hydrogens is 228 g/mol. The molecule has 0 aromatic carbocycles. The van der Waals surface area contributed by atoms with Crippen molar-refractivity contribution in [3.8, 4) is 0 Å². The summed E-state index contributed by atoms with van der Waals surface area (Å²) in [5.41, 5.74) is 0. The molecule has 1 rings (SSSR count). The quantitative estimate of drug-likeness (QED) is 0.668. The molecule has 0 bridgehead atoms. The molecule has 1 atom stereocenters. The highest BCUT2D eigenvalue weighted by atomic mass is 32.1. The van der Waals surface area contributed by atoms with E-state index in [-0.39, 0.29) is 18.4 Å². The Morgan fingerprint density at radius 1 is 1.56 bits per heavy atom. The van der Waals surface area contributed by atoms with Gasteiger partial charge in [-0.25, -0.2) is 0 Å². The van der Waals surface area contributed by atoms with Crippen molar-refractivity contribution in [3.05, 3.63) is 0 Å². The molecule has 1 N–H and O–H groups in total. The predicted molar refractivity (Wildman–Crippen MR) is 63.5 cm³/mol. The number of carbonyl (C=O) groups is 2. The van der Waals surface area contributed by atoms with Gasteiger partial charge in [0.25, 0.3) is 0 Å². The lowest BCUT2D eigenvalue weighted by Gasteiger charge is -2.34. The van der Waals surface area contributed by atoms with Gasteiger partial charge in [0.15, 0.2) is 0 Å². The molecule has 0 aromatic heterocycles. The average Bonchev–Trinajstić information content (AvgIpc) is 2.30. The van der Waals surface area contributed by atoms with Crippen LogP contribution < -0.4 is 5.32 Å². The van der Waals surface area contributed by atoms with Gasteiger partial charge in [0, 0.05) is 19.5 Å². The second-order valence-electron chi connectivity index (χ2n) is 3.55. The standard InChI is InChI=1S/C10H18N2O3S/c1-2-11-10(14)8-7-15-5-4-12(8)9(13)3-6-16/h8,16H,2-7H2,1H3,(H,11,14). The normalized spacial score (nSPS) is 20.6. The lowest BCUT2D eigenvalue weighted by molar-refractivity contribution is -0.148. The highest BCUT2D eigenvalue weighted by Gasteiger charge is 2.31. The molecule has 0 aliphatic carbocycles. The minimum Gasteiger partial charge on any atom is -0.377 e. The molecule has 0 spiro atoms. The molecule has 1 saturated heterocycles. The Hall–Kier alpha value is -0.750. The molecule has 92 valence electrons. The summed E-state index contributed by atoms with van der Waals surface area (Å²) in [7, 11) is 0. The van der Waals surface area contributed by atoms with Gasteiger partial charge in [-0.15, -0.1) is 0 Å². The molecule has 5 nitrogen and oxygen atoms in total. The molecule has 2 amide bonds. The largest absolute Gasteiger partial charge is 0.377 e. The summed E-state index contributed by atoms with van der Waals surface area (Å²) in [5, 5.41) is 2.71. The number of thiol groups is 1. The lowest BCUT2D eigenvalue weighted by Crippen LogP contribution is -2.55. The maximum atomic E-state index is 11.8. The summed E-state index contributed by atoms with van der Waals surface area (Å²) < 4.78 is 5.23. The fourth-order valence-corrected chi connectivity index (χ4v) is 1.84. The minimum absolute atomic E-state index is 0.0328. The Bertz CT molecular complexity index is 234. The third kappa shape index (κ3) is 3.38. The zero-order chi connectivity index (χ0) is 12.0. The average molecular weight is 246 g/mol. The van der Waals surface area contributed by atoms with Crippen LogP contribution in [0.4, 0.5) is 0 Å². The van der Waals surface area contributed by atoms with E-state index in [4.69, 9.17) is 4.74 Å². The van der Waals surface area contributed by atoms with E-state index in [0.717, 1.165) is 0 Å². The third-order valence-corrected chi connectivity index (χ3v) is 2.65. The van der Waals surface area contributed by atoms with E-state index < -0.39 is 6.04 Å². The summed E-state index contributed by atoms with van der Waals surface area (Å²) in [4.78, 5) is 25.1. The first-order valence-corrected chi connectivity index (χ1v) is 6.09. The van der Waals surface area contributed by atoms with Crippen LogP contribution in [0.25, 0.3) is 0 Å². The smallest absolute Gasteiger partial charge is 0.245 e. The first-order valence-electron chi connectivity index (χ1n) is 5.46. The van der Waals surface area contributed by atoms with Crippen LogP contribution in [0.3, 0.4) is 0 Å². The van der Waals surface area contributed by atoms with E-state index in [2.05, 4.69) is 17.9 Å². The number of morpholine rings is 1. The monoisotopic (exact) mass is 246 g/mol. The van der Waals surface area contributed by atoms with Gasteiger partial charge in [-0.2, -0.15) is 12.6 Å². The Morgan fingerprint density at radius 2 is 2.31 bits per heavy atom. The van der Waals surface area contributed by atoms with E-state index in [1.54, 1.807) is 4.90 Å². The van der Waals surface area contributed by atoms with Crippen molar-refractivity contribution in [2.75, 3.05) is 32.1 Å². The molecule has 1 unspecified atom stereocenters. The zero-order valence-corrected chi connectivity index (χ0v) is 10.3. The molecule has 0 aromatic rings. The molecule has 16 heavy (non-hydrogen) atoms. The number of nitrogens with one attached hydrogen (secondary N) is 1. The van der Waals surface area contributed by atoms with Gasteiger partial charge in [0.05, 0.1) is 13.2 Å². The first-order chi connectivity index (χ1) is 7.70. The molecule has 1 aliphatic rings. The van der Waals surface area contributed by atoms with Crippen LogP contribution in [0.5, 0.6) is 0 Å². The van der Waals surface area contributed by atoms with Gasteiger partial charge in [0.2, 0.25) is 11.8 Å². The number of hydrogen-bond acceptors (Lipinski definition) is 4. The van der Waals surface area contributed by atoms with Crippen LogP contribution in [0.15, 0.2) is 0 Å². The summed E-state index contributed by atoms with van der Waals surface area (Å²) >= 11 is 4.02. The van der Waals surface area contributed by atoms with Crippen molar-refractivity contribution in [3.63, 3.8) is 0 Å². The van der Waals surface area contributed by atoms with Gasteiger partial charge in [-0.3, -0.25) is 9.59 Å². The van der Waals surface area contributed by atoms with Crippen molar-refractivity contribution in [2.24, 2.45) is 0 Å². The summed E-state index contributed by atoms with van der Waals surface area (Å²) in [6.07, 6.45) is 0.360. The summed E-state index contributed by atoms with van der Waals surface area (Å²) in [6.45, 7) is 3.66. The molecule has 1 heterocycles. The summed E-state index contributed by atoms with van der Waals surface area (Å²) in [5.74, 6) is 0.322. The van der Waals surface area contributed by atoms with Crippen LogP contribution in [0, 0.1) is 0 Å². The number of likely N-dealkylation sites (N-methyl/N-ethyl adjacent to an activating group) is 1. The Morgan fingerprint density at radius 3 is 2.94 bits per heavy atom. The van der Waals surface area contributed by atoms with Crippen LogP contribution in [-0.4, -0.2) is 54.8 Å². The van der Waals surface area contributed by atoms with Gasteiger partial charge < -0.3 is 15.0 Å². The molecule has 6 heteroatoms. The van der Waals surface area contributed by atoms with Crippen molar-refractivity contribution in [1.82, 2.24) is 10.2 Å². The minimum atomic E-state index is -0.485. The number of nitrogens with zero attached hydrogens (tertiary/aromatic N) is 1. The number of amides is 2. The van der Waals surface area contributed by atoms with Crippen LogP contribution in [-0.2, 0) is 14.3 Å². The van der Waals surface area contributed by atoms with Crippen LogP contribution in [0.2, 0.25) is 0 Å². The number of carbonyl (C=O) groups excluding carboxylic acids is 2. The SMILES string of the molecule is CCNC(=O)C1COCCN1C(=O)CCS. The fraction of sp³-hybridized carbons (Fsp3) is 0.800. The topological polar surface area (TPSA) is 58.6 Å². The third-order valence-electron chi connectivity index (χ3n) is 2.43. The van der Waals surface area contributed by atoms with Gasteiger partial charge in [-0.1, -0.05) is 0 Å². The Labute approximate surface area is 101 Å². The molecular formula is C10H18N2O3S. The number of ether oxygens (including phenoxy) is 1. The van der Waals surface area contributed by atoms with E-state index in [0.29, 0.717) is 31.9 Å².